The van der Waals surface area contributed by atoms with Crippen molar-refractivity contribution in [2.24, 2.45) is 5.10 Å². The van der Waals surface area contributed by atoms with E-state index in [0.29, 0.717) is 24.3 Å². The third-order valence-electron chi connectivity index (χ3n) is 5.26. The molecule has 0 aliphatic carbocycles. The largest absolute Gasteiger partial charge is 0.484 e. The van der Waals surface area contributed by atoms with Crippen LogP contribution in [0.1, 0.15) is 22.3 Å². The Balaban J connectivity index is 1.38. The monoisotopic (exact) mass is 472 g/mol. The van der Waals surface area contributed by atoms with Crippen molar-refractivity contribution >= 4 is 29.6 Å². The van der Waals surface area contributed by atoms with Crippen LogP contribution in [0.15, 0.2) is 77.9 Å². The molecule has 3 amide bonds. The van der Waals surface area contributed by atoms with Crippen molar-refractivity contribution in [1.29, 1.82) is 0 Å². The minimum Gasteiger partial charge on any atom is -0.484 e. The summed E-state index contributed by atoms with van der Waals surface area (Å²) in [4.78, 5) is 35.9. The number of hydrogen-bond acceptors (Lipinski definition) is 5. The number of anilines is 1. The van der Waals surface area contributed by atoms with Crippen LogP contribution in [-0.2, 0) is 20.8 Å². The molecule has 0 fully saturated rings. The van der Waals surface area contributed by atoms with Gasteiger partial charge in [0.05, 0.1) is 6.21 Å². The van der Waals surface area contributed by atoms with Gasteiger partial charge in [-0.15, -0.1) is 0 Å². The van der Waals surface area contributed by atoms with Crippen LogP contribution in [0.5, 0.6) is 5.75 Å². The molecule has 0 saturated heterocycles. The molecule has 0 heterocycles. The van der Waals surface area contributed by atoms with Crippen molar-refractivity contribution in [3.05, 3.63) is 95.1 Å². The second-order valence-electron chi connectivity index (χ2n) is 7.84. The number of nitrogens with one attached hydrogen (secondary N) is 3. The van der Waals surface area contributed by atoms with E-state index in [2.05, 4.69) is 21.2 Å². The Morgan fingerprint density at radius 3 is 2.37 bits per heavy atom. The molecule has 0 aliphatic rings. The van der Waals surface area contributed by atoms with E-state index in [1.807, 2.05) is 62.4 Å². The highest BCUT2D eigenvalue weighted by atomic mass is 16.5. The summed E-state index contributed by atoms with van der Waals surface area (Å²) in [7, 11) is 0. The second kappa shape index (κ2) is 12.7. The summed E-state index contributed by atoms with van der Waals surface area (Å²) < 4.78 is 5.53. The lowest BCUT2D eigenvalue weighted by Gasteiger charge is -2.11. The van der Waals surface area contributed by atoms with Gasteiger partial charge in [0.1, 0.15) is 5.75 Å². The first-order valence-corrected chi connectivity index (χ1v) is 11.2. The Hall–Kier alpha value is -4.46. The molecule has 0 saturated carbocycles. The molecular formula is C27H28N4O4. The van der Waals surface area contributed by atoms with Crippen LogP contribution in [0.2, 0.25) is 0 Å². The standard InChI is InChI=1S/C27H28N4O4/c1-19-7-6-10-24(20(19)2)30-25(32)18-35-23-13-11-22(12-14-23)17-29-31-27(34)26(33)28-16-15-21-8-4-3-5-9-21/h3-14,17H,15-16,18H2,1-2H3,(H,28,33)(H,30,32)(H,31,34). The minimum atomic E-state index is -0.843. The van der Waals surface area contributed by atoms with Gasteiger partial charge < -0.3 is 15.4 Å². The molecule has 0 spiro atoms. The molecule has 0 atom stereocenters. The maximum Gasteiger partial charge on any atom is 0.329 e. The van der Waals surface area contributed by atoms with Crippen LogP contribution < -0.4 is 20.8 Å². The van der Waals surface area contributed by atoms with E-state index >= 15 is 0 Å². The minimum absolute atomic E-state index is 0.129. The molecule has 0 bridgehead atoms. The molecule has 3 aromatic rings. The van der Waals surface area contributed by atoms with E-state index in [9.17, 15) is 14.4 Å². The molecule has 8 heteroatoms. The molecule has 0 aliphatic heterocycles. The highest BCUT2D eigenvalue weighted by molar-refractivity contribution is 6.35. The molecule has 35 heavy (non-hydrogen) atoms. The zero-order valence-electron chi connectivity index (χ0n) is 19.7. The van der Waals surface area contributed by atoms with Gasteiger partial charge in [0.25, 0.3) is 5.91 Å². The first-order chi connectivity index (χ1) is 16.9. The fourth-order valence-corrected chi connectivity index (χ4v) is 3.13. The highest BCUT2D eigenvalue weighted by Crippen LogP contribution is 2.18. The number of ether oxygens (including phenoxy) is 1. The van der Waals surface area contributed by atoms with Gasteiger partial charge in [-0.1, -0.05) is 42.5 Å². The van der Waals surface area contributed by atoms with E-state index in [1.54, 1.807) is 24.3 Å². The van der Waals surface area contributed by atoms with Crippen molar-refractivity contribution in [3.63, 3.8) is 0 Å². The van der Waals surface area contributed by atoms with E-state index in [4.69, 9.17) is 4.74 Å². The molecular weight excluding hydrogens is 444 g/mol. The molecule has 180 valence electrons. The maximum absolute atomic E-state index is 12.2. The zero-order chi connectivity index (χ0) is 25.0. The highest BCUT2D eigenvalue weighted by Gasteiger charge is 2.11. The maximum atomic E-state index is 12.2. The average molecular weight is 473 g/mol. The fourth-order valence-electron chi connectivity index (χ4n) is 3.13. The second-order valence-corrected chi connectivity index (χ2v) is 7.84. The van der Waals surface area contributed by atoms with Crippen LogP contribution >= 0.6 is 0 Å². The van der Waals surface area contributed by atoms with Gasteiger partial charge in [-0.05, 0) is 72.9 Å². The van der Waals surface area contributed by atoms with Gasteiger partial charge in [0.15, 0.2) is 6.61 Å². The number of amides is 3. The van der Waals surface area contributed by atoms with Crippen molar-refractivity contribution in [1.82, 2.24) is 10.7 Å². The van der Waals surface area contributed by atoms with E-state index in [-0.39, 0.29) is 12.5 Å². The Labute approximate surface area is 204 Å². The molecule has 3 N–H and O–H groups in total. The summed E-state index contributed by atoms with van der Waals surface area (Å²) >= 11 is 0. The third-order valence-corrected chi connectivity index (χ3v) is 5.26. The smallest absolute Gasteiger partial charge is 0.329 e. The molecule has 0 radical (unpaired) electrons. The van der Waals surface area contributed by atoms with Crippen LogP contribution in [0.4, 0.5) is 5.69 Å². The summed E-state index contributed by atoms with van der Waals surface area (Å²) in [6, 6.07) is 22.2. The number of nitrogens with zero attached hydrogens (tertiary/aromatic N) is 1. The number of carbonyl (C=O) groups excluding carboxylic acids is 3. The summed E-state index contributed by atoms with van der Waals surface area (Å²) in [5.41, 5.74) is 6.83. The van der Waals surface area contributed by atoms with Crippen molar-refractivity contribution in [2.75, 3.05) is 18.5 Å². The molecule has 8 nitrogen and oxygen atoms in total. The number of rotatable bonds is 9. The van der Waals surface area contributed by atoms with E-state index in [1.165, 1.54) is 6.21 Å². The lowest BCUT2D eigenvalue weighted by molar-refractivity contribution is -0.139. The van der Waals surface area contributed by atoms with E-state index < -0.39 is 11.8 Å². The topological polar surface area (TPSA) is 109 Å². The van der Waals surface area contributed by atoms with Crippen LogP contribution in [0, 0.1) is 13.8 Å². The number of hydrogen-bond donors (Lipinski definition) is 3. The SMILES string of the molecule is Cc1cccc(NC(=O)COc2ccc(C=NNC(=O)C(=O)NCCc3ccccc3)cc2)c1C. The van der Waals surface area contributed by atoms with Crippen molar-refractivity contribution in [3.8, 4) is 5.75 Å². The number of carbonyl (C=O) groups is 3. The average Bonchev–Trinajstić information content (AvgIpc) is 2.87. The van der Waals surface area contributed by atoms with Gasteiger partial charge in [0, 0.05) is 12.2 Å². The predicted molar refractivity (Wildman–Crippen MR) is 135 cm³/mol. The summed E-state index contributed by atoms with van der Waals surface area (Å²) in [5.74, 6) is -1.33. The van der Waals surface area contributed by atoms with Crippen molar-refractivity contribution in [2.45, 2.75) is 20.3 Å². The van der Waals surface area contributed by atoms with Gasteiger partial charge in [-0.25, -0.2) is 5.43 Å². The van der Waals surface area contributed by atoms with Crippen molar-refractivity contribution < 1.29 is 19.1 Å². The van der Waals surface area contributed by atoms with Crippen LogP contribution in [0.3, 0.4) is 0 Å². The normalized spacial score (nSPS) is 10.6. The molecule has 0 aromatic heterocycles. The Morgan fingerprint density at radius 2 is 1.63 bits per heavy atom. The van der Waals surface area contributed by atoms with Gasteiger partial charge in [-0.2, -0.15) is 5.10 Å². The Morgan fingerprint density at radius 1 is 0.886 bits per heavy atom. The van der Waals surface area contributed by atoms with Gasteiger partial charge >= 0.3 is 11.8 Å². The quantitative estimate of drug-likeness (QED) is 0.253. The fraction of sp³-hybridized carbons (Fsp3) is 0.185. The number of hydrazone groups is 1. The van der Waals surface area contributed by atoms with Gasteiger partial charge in [-0.3, -0.25) is 14.4 Å². The summed E-state index contributed by atoms with van der Waals surface area (Å²) in [5, 5.41) is 9.20. The lowest BCUT2D eigenvalue weighted by atomic mass is 10.1. The molecule has 0 unspecified atom stereocenters. The lowest BCUT2D eigenvalue weighted by Crippen LogP contribution is -2.38. The van der Waals surface area contributed by atoms with Crippen LogP contribution in [-0.4, -0.2) is 37.1 Å². The summed E-state index contributed by atoms with van der Waals surface area (Å²) in [6.07, 6.45) is 2.04. The number of benzene rings is 3. The van der Waals surface area contributed by atoms with Crippen LogP contribution in [0.25, 0.3) is 0 Å². The third kappa shape index (κ3) is 8.12. The molecule has 3 aromatic carbocycles. The Bertz CT molecular complexity index is 1190. The summed E-state index contributed by atoms with van der Waals surface area (Å²) in [6.45, 7) is 4.16. The Kier molecular flexibility index (Phi) is 9.13. The van der Waals surface area contributed by atoms with E-state index in [0.717, 1.165) is 22.4 Å². The zero-order valence-corrected chi connectivity index (χ0v) is 19.7. The predicted octanol–water partition coefficient (Wildman–Crippen LogP) is 3.13. The number of aryl methyl sites for hydroxylation is 1. The first-order valence-electron chi connectivity index (χ1n) is 11.2. The first kappa shape index (κ1) is 25.2. The van der Waals surface area contributed by atoms with Gasteiger partial charge in [0.2, 0.25) is 0 Å². The molecule has 3 rings (SSSR count).